The molecule has 1 aromatic rings. The number of esters is 1. The fraction of sp³-hybridized carbons (Fsp3) is 0.784. The van der Waals surface area contributed by atoms with Crippen LogP contribution in [0.15, 0.2) is 24.3 Å². The van der Waals surface area contributed by atoms with Crippen LogP contribution in [0.25, 0.3) is 0 Å². The Labute approximate surface area is 310 Å². The maximum atomic E-state index is 11.5. The van der Waals surface area contributed by atoms with Gasteiger partial charge in [-0.1, -0.05) is 19.8 Å². The van der Waals surface area contributed by atoms with Gasteiger partial charge < -0.3 is 61.6 Å². The number of hydrogen-bond acceptors (Lipinski definition) is 15. The lowest BCUT2D eigenvalue weighted by Crippen LogP contribution is -2.16. The topological polar surface area (TPSA) is 154 Å². The highest BCUT2D eigenvalue weighted by atomic mass is 16.6. The third kappa shape index (κ3) is 34.8. The number of carbonyl (C=O) groups excluding carboxylic acids is 2. The first kappa shape index (κ1) is 47.7. The number of rotatable bonds is 42. The molecule has 52 heavy (non-hydrogen) atoms. The van der Waals surface area contributed by atoms with Crippen molar-refractivity contribution >= 4 is 12.3 Å². The molecule has 0 saturated heterocycles. The summed E-state index contributed by atoms with van der Waals surface area (Å²) in [4.78, 5) is 22.1. The van der Waals surface area contributed by atoms with E-state index in [1.165, 1.54) is 0 Å². The molecule has 1 aromatic carbocycles. The first-order valence-electron chi connectivity index (χ1n) is 18.4. The van der Waals surface area contributed by atoms with Gasteiger partial charge in [0, 0.05) is 12.0 Å². The van der Waals surface area contributed by atoms with E-state index in [1.807, 2.05) is 0 Å². The van der Waals surface area contributed by atoms with Crippen molar-refractivity contribution in [1.29, 1.82) is 0 Å². The highest BCUT2D eigenvalue weighted by molar-refractivity contribution is 5.74. The lowest BCUT2D eigenvalue weighted by atomic mass is 10.2. The van der Waals surface area contributed by atoms with Crippen LogP contribution < -0.4 is 4.74 Å². The Morgan fingerprint density at radius 2 is 0.750 bits per heavy atom. The van der Waals surface area contributed by atoms with Gasteiger partial charge in [-0.25, -0.2) is 0 Å². The van der Waals surface area contributed by atoms with Crippen molar-refractivity contribution in [2.45, 2.75) is 32.6 Å². The molecular formula is C37H64O15. The van der Waals surface area contributed by atoms with Crippen molar-refractivity contribution in [3.8, 4) is 5.75 Å². The quantitative estimate of drug-likeness (QED) is 0.0546. The van der Waals surface area contributed by atoms with Crippen molar-refractivity contribution in [2.24, 2.45) is 0 Å². The lowest BCUT2D eigenvalue weighted by Gasteiger charge is -2.09. The molecule has 0 bridgehead atoms. The maximum absolute atomic E-state index is 11.5. The van der Waals surface area contributed by atoms with Crippen molar-refractivity contribution in [2.75, 3.05) is 159 Å². The number of hydrogen-bond donors (Lipinski definition) is 0. The van der Waals surface area contributed by atoms with Gasteiger partial charge in [0.1, 0.15) is 25.2 Å². The summed E-state index contributed by atoms with van der Waals surface area (Å²) in [6.45, 7) is 13.3. The number of benzene rings is 1. The van der Waals surface area contributed by atoms with E-state index in [-0.39, 0.29) is 12.6 Å². The molecule has 0 amide bonds. The minimum Gasteiger partial charge on any atom is -0.491 e. The van der Waals surface area contributed by atoms with Crippen LogP contribution in [0, 0.1) is 0 Å². The number of aldehydes is 1. The third-order valence-corrected chi connectivity index (χ3v) is 6.71. The fourth-order valence-corrected chi connectivity index (χ4v) is 3.97. The Bertz CT molecular complexity index is 890. The first-order valence-corrected chi connectivity index (χ1v) is 18.4. The van der Waals surface area contributed by atoms with E-state index in [9.17, 15) is 9.59 Å². The molecule has 0 aromatic heterocycles. The molecule has 0 N–H and O–H groups in total. The molecule has 0 heterocycles. The van der Waals surface area contributed by atoms with E-state index in [0.717, 1.165) is 25.5 Å². The molecule has 0 aliphatic heterocycles. The van der Waals surface area contributed by atoms with Crippen LogP contribution in [-0.2, 0) is 61.6 Å². The smallest absolute Gasteiger partial charge is 0.305 e. The highest BCUT2D eigenvalue weighted by Crippen LogP contribution is 2.10. The summed E-state index contributed by atoms with van der Waals surface area (Å²) < 4.78 is 70.7. The van der Waals surface area contributed by atoms with Gasteiger partial charge in [0.2, 0.25) is 0 Å². The lowest BCUT2D eigenvalue weighted by molar-refractivity contribution is -0.145. The van der Waals surface area contributed by atoms with E-state index in [0.29, 0.717) is 170 Å². The van der Waals surface area contributed by atoms with Gasteiger partial charge in [-0.2, -0.15) is 0 Å². The average Bonchev–Trinajstić information content (AvgIpc) is 3.16. The normalized spacial score (nSPS) is 11.2. The molecule has 302 valence electrons. The molecule has 15 heteroatoms. The standard InChI is InChI=1S/C37H64O15/c1-2-3-4-5-37(39)52-33-31-50-29-27-48-25-23-46-21-19-44-17-15-42-13-11-40-10-12-41-14-16-43-18-20-45-22-24-47-26-28-49-30-32-51-36-8-6-35(34-38)7-9-36/h6-9,34H,2-5,10-33H2,1H3. The van der Waals surface area contributed by atoms with E-state index >= 15 is 0 Å². The van der Waals surface area contributed by atoms with Gasteiger partial charge >= 0.3 is 5.97 Å². The predicted molar refractivity (Wildman–Crippen MR) is 191 cm³/mol. The van der Waals surface area contributed by atoms with Gasteiger partial charge in [0.05, 0.1) is 145 Å². The van der Waals surface area contributed by atoms with Crippen molar-refractivity contribution in [3.05, 3.63) is 29.8 Å². The SMILES string of the molecule is CCCCCC(=O)OCCOCCOCCOCCOCCOCCOCCOCCOCCOCCOCCOCCOc1ccc(C=O)cc1. The van der Waals surface area contributed by atoms with E-state index in [1.54, 1.807) is 24.3 Å². The minimum atomic E-state index is -0.163. The molecule has 0 spiro atoms. The van der Waals surface area contributed by atoms with Crippen LogP contribution in [0.1, 0.15) is 43.0 Å². The number of carbonyl (C=O) groups is 2. The van der Waals surface area contributed by atoms with Crippen LogP contribution >= 0.6 is 0 Å². The minimum absolute atomic E-state index is 0.163. The summed E-state index contributed by atoms with van der Waals surface area (Å²) in [5.41, 5.74) is 0.615. The fourth-order valence-electron chi connectivity index (χ4n) is 3.97. The molecule has 15 nitrogen and oxygen atoms in total. The summed E-state index contributed by atoms with van der Waals surface area (Å²) in [7, 11) is 0. The molecule has 0 aliphatic rings. The third-order valence-electron chi connectivity index (χ3n) is 6.71. The van der Waals surface area contributed by atoms with Gasteiger partial charge in [-0.05, 0) is 30.7 Å². The second-order valence-corrected chi connectivity index (χ2v) is 10.9. The molecule has 0 aliphatic carbocycles. The maximum Gasteiger partial charge on any atom is 0.305 e. The average molecular weight is 749 g/mol. The van der Waals surface area contributed by atoms with Crippen LogP contribution in [0.5, 0.6) is 5.75 Å². The highest BCUT2D eigenvalue weighted by Gasteiger charge is 2.02. The van der Waals surface area contributed by atoms with E-state index < -0.39 is 0 Å². The molecule has 0 fully saturated rings. The monoisotopic (exact) mass is 748 g/mol. The molecule has 0 unspecified atom stereocenters. The van der Waals surface area contributed by atoms with Crippen molar-refractivity contribution in [3.63, 3.8) is 0 Å². The Hall–Kier alpha value is -2.28. The predicted octanol–water partition coefficient (Wildman–Crippen LogP) is 3.18. The molecule has 0 saturated carbocycles. The van der Waals surface area contributed by atoms with Gasteiger partial charge in [-0.15, -0.1) is 0 Å². The zero-order chi connectivity index (χ0) is 37.3. The summed E-state index contributed by atoms with van der Waals surface area (Å²) in [6.07, 6.45) is 4.27. The number of unbranched alkanes of at least 4 members (excludes halogenated alkanes) is 2. The Morgan fingerprint density at radius 3 is 1.06 bits per heavy atom. The summed E-state index contributed by atoms with van der Waals surface area (Å²) in [6, 6.07) is 6.93. The summed E-state index contributed by atoms with van der Waals surface area (Å²) in [5.74, 6) is 0.537. The van der Waals surface area contributed by atoms with Gasteiger partial charge in [0.15, 0.2) is 0 Å². The Balaban J connectivity index is 1.63. The van der Waals surface area contributed by atoms with E-state index in [4.69, 9.17) is 61.6 Å². The van der Waals surface area contributed by atoms with Crippen molar-refractivity contribution in [1.82, 2.24) is 0 Å². The second-order valence-electron chi connectivity index (χ2n) is 10.9. The van der Waals surface area contributed by atoms with Crippen LogP contribution in [-0.4, -0.2) is 171 Å². The largest absolute Gasteiger partial charge is 0.491 e. The van der Waals surface area contributed by atoms with Crippen LogP contribution in [0.3, 0.4) is 0 Å². The van der Waals surface area contributed by atoms with E-state index in [2.05, 4.69) is 6.92 Å². The van der Waals surface area contributed by atoms with Crippen LogP contribution in [0.4, 0.5) is 0 Å². The Kier molecular flexibility index (Phi) is 36.6. The zero-order valence-corrected chi connectivity index (χ0v) is 31.3. The molecule has 0 radical (unpaired) electrons. The van der Waals surface area contributed by atoms with Crippen molar-refractivity contribution < 1.29 is 71.2 Å². The number of ether oxygens (including phenoxy) is 13. The first-order chi connectivity index (χ1) is 25.8. The van der Waals surface area contributed by atoms with Gasteiger partial charge in [0.25, 0.3) is 0 Å². The summed E-state index contributed by atoms with van der Waals surface area (Å²) >= 11 is 0. The van der Waals surface area contributed by atoms with Crippen LogP contribution in [0.2, 0.25) is 0 Å². The molecule has 0 atom stereocenters. The Morgan fingerprint density at radius 1 is 0.442 bits per heavy atom. The molecule has 1 rings (SSSR count). The summed E-state index contributed by atoms with van der Waals surface area (Å²) in [5, 5.41) is 0. The molecular weight excluding hydrogens is 684 g/mol. The zero-order valence-electron chi connectivity index (χ0n) is 31.3. The van der Waals surface area contributed by atoms with Gasteiger partial charge in [-0.3, -0.25) is 9.59 Å². The second kappa shape index (κ2) is 39.9.